The van der Waals surface area contributed by atoms with Crippen molar-refractivity contribution in [1.82, 2.24) is 10.1 Å². The molecule has 28 heavy (non-hydrogen) atoms. The lowest BCUT2D eigenvalue weighted by molar-refractivity contribution is -0.117. The Morgan fingerprint density at radius 2 is 1.93 bits per heavy atom. The van der Waals surface area contributed by atoms with Crippen molar-refractivity contribution in [3.63, 3.8) is 0 Å². The lowest BCUT2D eigenvalue weighted by Gasteiger charge is -2.17. The highest BCUT2D eigenvalue weighted by Crippen LogP contribution is 2.34. The van der Waals surface area contributed by atoms with Crippen LogP contribution in [0, 0.1) is 13.8 Å². The van der Waals surface area contributed by atoms with Gasteiger partial charge in [-0.05, 0) is 68.0 Å². The monoisotopic (exact) mass is 373 g/mol. The van der Waals surface area contributed by atoms with Crippen molar-refractivity contribution in [1.29, 1.82) is 0 Å². The van der Waals surface area contributed by atoms with Crippen molar-refractivity contribution in [3.05, 3.63) is 64.5 Å². The van der Waals surface area contributed by atoms with Crippen LogP contribution in [0.2, 0.25) is 0 Å². The molecule has 5 nitrogen and oxygen atoms in total. The van der Waals surface area contributed by atoms with Gasteiger partial charge in [0.05, 0.1) is 5.92 Å². The standard InChI is InChI=1S/C23H23N3O2/c1-14-6-7-15(2)20(10-14)22-24-23(28-25-22)18-12-21(27)26(13-18)19-9-8-16-4-3-5-17(16)11-19/h6-11,18H,3-5,12-13H2,1-2H3. The molecule has 2 aliphatic rings. The largest absolute Gasteiger partial charge is 0.339 e. The summed E-state index contributed by atoms with van der Waals surface area (Å²) in [6.07, 6.45) is 3.87. The van der Waals surface area contributed by atoms with E-state index in [0.29, 0.717) is 24.7 Å². The number of rotatable bonds is 3. The van der Waals surface area contributed by atoms with Crippen LogP contribution in [0.15, 0.2) is 40.9 Å². The Morgan fingerprint density at radius 3 is 2.82 bits per heavy atom. The molecule has 142 valence electrons. The zero-order chi connectivity index (χ0) is 19.3. The van der Waals surface area contributed by atoms with Gasteiger partial charge in [-0.3, -0.25) is 4.79 Å². The second-order valence-corrected chi connectivity index (χ2v) is 7.99. The van der Waals surface area contributed by atoms with Crippen molar-refractivity contribution in [3.8, 4) is 11.4 Å². The number of amides is 1. The van der Waals surface area contributed by atoms with E-state index in [1.165, 1.54) is 17.5 Å². The molecule has 5 heteroatoms. The summed E-state index contributed by atoms with van der Waals surface area (Å²) < 4.78 is 5.56. The summed E-state index contributed by atoms with van der Waals surface area (Å²) in [4.78, 5) is 19.2. The maximum Gasteiger partial charge on any atom is 0.232 e. The summed E-state index contributed by atoms with van der Waals surface area (Å²) in [5, 5.41) is 4.19. The Hall–Kier alpha value is -2.95. The van der Waals surface area contributed by atoms with Crippen LogP contribution in [0.1, 0.15) is 46.9 Å². The highest BCUT2D eigenvalue weighted by Gasteiger charge is 2.35. The van der Waals surface area contributed by atoms with Gasteiger partial charge in [-0.1, -0.05) is 28.9 Å². The van der Waals surface area contributed by atoms with E-state index in [0.717, 1.165) is 35.2 Å². The SMILES string of the molecule is Cc1ccc(C)c(-c2noc(C3CC(=O)N(c4ccc5c(c4)CCC5)C3)n2)c1. The first-order valence-electron chi connectivity index (χ1n) is 9.92. The first-order valence-corrected chi connectivity index (χ1v) is 9.92. The van der Waals surface area contributed by atoms with Crippen LogP contribution in [0.3, 0.4) is 0 Å². The molecule has 0 radical (unpaired) electrons. The molecule has 0 spiro atoms. The van der Waals surface area contributed by atoms with Crippen molar-refractivity contribution in [2.24, 2.45) is 0 Å². The van der Waals surface area contributed by atoms with Gasteiger partial charge in [-0.15, -0.1) is 0 Å². The van der Waals surface area contributed by atoms with Gasteiger partial charge in [0, 0.05) is 24.2 Å². The van der Waals surface area contributed by atoms with Crippen LogP contribution in [-0.4, -0.2) is 22.6 Å². The zero-order valence-electron chi connectivity index (χ0n) is 16.2. The molecule has 1 atom stereocenters. The topological polar surface area (TPSA) is 59.2 Å². The Bertz CT molecular complexity index is 1070. The van der Waals surface area contributed by atoms with Crippen LogP contribution < -0.4 is 4.90 Å². The second-order valence-electron chi connectivity index (χ2n) is 7.99. The summed E-state index contributed by atoms with van der Waals surface area (Å²) in [5.41, 5.74) is 7.04. The highest BCUT2D eigenvalue weighted by atomic mass is 16.5. The number of benzene rings is 2. The molecule has 3 aromatic rings. The summed E-state index contributed by atoms with van der Waals surface area (Å²) in [7, 11) is 0. The van der Waals surface area contributed by atoms with E-state index in [4.69, 9.17) is 4.52 Å². The first kappa shape index (κ1) is 17.2. The molecule has 0 bridgehead atoms. The maximum absolute atomic E-state index is 12.7. The van der Waals surface area contributed by atoms with E-state index in [9.17, 15) is 4.79 Å². The molecule has 1 amide bonds. The zero-order valence-corrected chi connectivity index (χ0v) is 16.2. The van der Waals surface area contributed by atoms with Crippen molar-refractivity contribution < 1.29 is 9.32 Å². The summed E-state index contributed by atoms with van der Waals surface area (Å²) in [6.45, 7) is 4.68. The fourth-order valence-corrected chi connectivity index (χ4v) is 4.34. The minimum absolute atomic E-state index is 0.0629. The van der Waals surface area contributed by atoms with E-state index in [1.54, 1.807) is 0 Å². The number of hydrogen-bond donors (Lipinski definition) is 0. The maximum atomic E-state index is 12.7. The summed E-state index contributed by atoms with van der Waals surface area (Å²) in [5.74, 6) is 1.20. The third-order valence-corrected chi connectivity index (χ3v) is 5.94. The molecule has 5 rings (SSSR count). The van der Waals surface area contributed by atoms with Gasteiger partial charge < -0.3 is 9.42 Å². The number of aryl methyl sites for hydroxylation is 4. The number of anilines is 1. The predicted octanol–water partition coefficient (Wildman–Crippen LogP) is 4.36. The molecule has 1 unspecified atom stereocenters. The first-order chi connectivity index (χ1) is 13.6. The molecular formula is C23H23N3O2. The Labute approximate surface area is 164 Å². The molecule has 2 heterocycles. The Morgan fingerprint density at radius 1 is 1.07 bits per heavy atom. The molecule has 2 aromatic carbocycles. The number of nitrogens with zero attached hydrogens (tertiary/aromatic N) is 3. The number of carbonyl (C=O) groups is 1. The van der Waals surface area contributed by atoms with E-state index >= 15 is 0 Å². The van der Waals surface area contributed by atoms with Gasteiger partial charge in [0.15, 0.2) is 0 Å². The molecular weight excluding hydrogens is 350 g/mol. The number of hydrogen-bond acceptors (Lipinski definition) is 4. The smallest absolute Gasteiger partial charge is 0.232 e. The van der Waals surface area contributed by atoms with Crippen LogP contribution >= 0.6 is 0 Å². The van der Waals surface area contributed by atoms with Gasteiger partial charge >= 0.3 is 0 Å². The van der Waals surface area contributed by atoms with Gasteiger partial charge in [-0.25, -0.2) is 0 Å². The second kappa shape index (κ2) is 6.59. The van der Waals surface area contributed by atoms with E-state index in [2.05, 4.69) is 46.5 Å². The molecule has 1 fully saturated rings. The normalized spacial score (nSPS) is 18.7. The molecule has 1 saturated heterocycles. The Balaban J connectivity index is 1.39. The number of aromatic nitrogens is 2. The molecule has 1 aliphatic heterocycles. The number of fused-ring (bicyclic) bond motifs is 1. The molecule has 0 saturated carbocycles. The lowest BCUT2D eigenvalue weighted by atomic mass is 10.1. The minimum Gasteiger partial charge on any atom is -0.339 e. The fraction of sp³-hybridized carbons (Fsp3) is 0.348. The molecule has 1 aliphatic carbocycles. The quantitative estimate of drug-likeness (QED) is 0.684. The fourth-order valence-electron chi connectivity index (χ4n) is 4.34. The highest BCUT2D eigenvalue weighted by molar-refractivity contribution is 5.96. The van der Waals surface area contributed by atoms with Crippen LogP contribution in [0.5, 0.6) is 0 Å². The van der Waals surface area contributed by atoms with Crippen molar-refractivity contribution >= 4 is 11.6 Å². The lowest BCUT2D eigenvalue weighted by Crippen LogP contribution is -2.24. The van der Waals surface area contributed by atoms with Gasteiger partial charge in [0.2, 0.25) is 17.6 Å². The molecule has 0 N–H and O–H groups in total. The summed E-state index contributed by atoms with van der Waals surface area (Å²) in [6, 6.07) is 12.6. The van der Waals surface area contributed by atoms with Crippen molar-refractivity contribution in [2.75, 3.05) is 11.4 Å². The van der Waals surface area contributed by atoms with Crippen molar-refractivity contribution in [2.45, 2.75) is 45.4 Å². The van der Waals surface area contributed by atoms with Gasteiger partial charge in [-0.2, -0.15) is 4.98 Å². The van der Waals surface area contributed by atoms with Crippen LogP contribution in [-0.2, 0) is 17.6 Å². The van der Waals surface area contributed by atoms with E-state index in [-0.39, 0.29) is 11.8 Å². The van der Waals surface area contributed by atoms with Gasteiger partial charge in [0.25, 0.3) is 0 Å². The van der Waals surface area contributed by atoms with Crippen LogP contribution in [0.4, 0.5) is 5.69 Å². The third kappa shape index (κ3) is 2.91. The van der Waals surface area contributed by atoms with Gasteiger partial charge in [0.1, 0.15) is 0 Å². The third-order valence-electron chi connectivity index (χ3n) is 5.94. The average molecular weight is 373 g/mol. The molecule has 1 aromatic heterocycles. The predicted molar refractivity (Wildman–Crippen MR) is 107 cm³/mol. The van der Waals surface area contributed by atoms with E-state index in [1.807, 2.05) is 18.7 Å². The average Bonchev–Trinajstić information content (AvgIpc) is 3.41. The van der Waals surface area contributed by atoms with Crippen LogP contribution in [0.25, 0.3) is 11.4 Å². The summed E-state index contributed by atoms with van der Waals surface area (Å²) >= 11 is 0. The van der Waals surface area contributed by atoms with E-state index < -0.39 is 0 Å². The Kier molecular flexibility index (Phi) is 4.04. The minimum atomic E-state index is -0.0629. The number of carbonyl (C=O) groups excluding carboxylic acids is 1.